The van der Waals surface area contributed by atoms with Gasteiger partial charge in [0.15, 0.2) is 6.10 Å². The highest BCUT2D eigenvalue weighted by atomic mass is 16.6. The van der Waals surface area contributed by atoms with Crippen LogP contribution in [-0.2, 0) is 28.6 Å². The predicted octanol–water partition coefficient (Wildman–Crippen LogP) is 16.2. The molecule has 1 unspecified atom stereocenters. The molecule has 0 aromatic heterocycles. The summed E-state index contributed by atoms with van der Waals surface area (Å²) in [6.07, 6.45) is 63.8. The number of allylic oxidation sites excluding steroid dienone is 16. The van der Waals surface area contributed by atoms with Crippen LogP contribution in [0.15, 0.2) is 97.2 Å². The van der Waals surface area contributed by atoms with Crippen molar-refractivity contribution in [3.8, 4) is 0 Å². The van der Waals surface area contributed by atoms with E-state index in [0.717, 1.165) is 116 Å². The van der Waals surface area contributed by atoms with Gasteiger partial charge in [-0.1, -0.05) is 208 Å². The quantitative estimate of drug-likeness (QED) is 0.0200. The van der Waals surface area contributed by atoms with E-state index < -0.39 is 6.10 Å². The minimum Gasteiger partial charge on any atom is -0.462 e. The van der Waals surface area contributed by atoms with Gasteiger partial charge in [0.2, 0.25) is 0 Å². The van der Waals surface area contributed by atoms with Gasteiger partial charge in [-0.05, 0) is 83.5 Å². The minimum absolute atomic E-state index is 0.0984. The maximum atomic E-state index is 12.8. The van der Waals surface area contributed by atoms with Crippen molar-refractivity contribution in [1.82, 2.24) is 0 Å². The number of esters is 3. The van der Waals surface area contributed by atoms with Gasteiger partial charge < -0.3 is 14.2 Å². The average Bonchev–Trinajstić information content (AvgIpc) is 3.26. The maximum Gasteiger partial charge on any atom is 0.306 e. The Morgan fingerprint density at radius 1 is 0.328 bits per heavy atom. The van der Waals surface area contributed by atoms with Crippen molar-refractivity contribution in [3.05, 3.63) is 97.2 Å². The summed E-state index contributed by atoms with van der Waals surface area (Å²) in [4.78, 5) is 37.9. The fraction of sp³-hybridized carbons (Fsp3) is 0.655. The van der Waals surface area contributed by atoms with Crippen molar-refractivity contribution in [1.29, 1.82) is 0 Å². The third-order valence-electron chi connectivity index (χ3n) is 10.2. The molecule has 0 bridgehead atoms. The molecule has 0 aliphatic rings. The molecule has 0 amide bonds. The fourth-order valence-corrected chi connectivity index (χ4v) is 6.38. The van der Waals surface area contributed by atoms with E-state index in [1.165, 1.54) is 57.8 Å². The number of unbranched alkanes of at least 4 members (excludes halogenated alkanes) is 21. The smallest absolute Gasteiger partial charge is 0.306 e. The van der Waals surface area contributed by atoms with Gasteiger partial charge in [0.25, 0.3) is 0 Å². The summed E-state index contributed by atoms with van der Waals surface area (Å²) in [5, 5.41) is 0. The Hall–Kier alpha value is -3.67. The molecule has 0 aromatic carbocycles. The molecule has 0 rings (SSSR count). The topological polar surface area (TPSA) is 78.9 Å². The Labute approximate surface area is 375 Å². The number of ether oxygens (including phenoxy) is 3. The van der Waals surface area contributed by atoms with Crippen LogP contribution in [0.2, 0.25) is 0 Å². The highest BCUT2D eigenvalue weighted by Crippen LogP contribution is 2.13. The standard InChI is InChI=1S/C55H90O6/c1-4-7-10-13-16-19-22-24-26-27-28-30-31-33-36-39-42-45-48-54(57)60-51-52(50-59-53(56)47-44-41-38-35-21-18-15-12-9-6-3)61-55(58)49-46-43-40-37-34-32-29-25-23-20-17-14-11-8-5-2/h10,13,15-20,22-28,30,52H,4-9,11-12,14,21,29,31-51H2,1-3H3/b13-10-,18-15-,19-16-,20-17-,24-22-,25-23-,27-26-,30-28-. The molecule has 0 aliphatic carbocycles. The SMILES string of the molecule is CCC\C=C/C=C\C=C/C=C\C=C/CCCCCCCC(=O)OCC(COC(=O)CCCCCC/C=C\CCCC)OC(=O)CCCCCCCC/C=C\C=C/CCCCC. The van der Waals surface area contributed by atoms with Crippen LogP contribution in [0, 0.1) is 0 Å². The van der Waals surface area contributed by atoms with Crippen LogP contribution in [-0.4, -0.2) is 37.2 Å². The Morgan fingerprint density at radius 2 is 0.656 bits per heavy atom. The highest BCUT2D eigenvalue weighted by molar-refractivity contribution is 5.71. The lowest BCUT2D eigenvalue weighted by atomic mass is 10.1. The van der Waals surface area contributed by atoms with E-state index in [2.05, 4.69) is 87.6 Å². The Bertz CT molecular complexity index is 1250. The molecule has 346 valence electrons. The summed E-state index contributed by atoms with van der Waals surface area (Å²) in [5.41, 5.74) is 0. The molecule has 61 heavy (non-hydrogen) atoms. The van der Waals surface area contributed by atoms with E-state index in [0.29, 0.717) is 19.3 Å². The van der Waals surface area contributed by atoms with Gasteiger partial charge in [-0.3, -0.25) is 14.4 Å². The zero-order valence-corrected chi connectivity index (χ0v) is 39.4. The van der Waals surface area contributed by atoms with E-state index in [-0.39, 0.29) is 31.1 Å². The van der Waals surface area contributed by atoms with Gasteiger partial charge in [0.1, 0.15) is 13.2 Å². The van der Waals surface area contributed by atoms with E-state index >= 15 is 0 Å². The Morgan fingerprint density at radius 3 is 1.10 bits per heavy atom. The molecule has 0 fully saturated rings. The monoisotopic (exact) mass is 847 g/mol. The predicted molar refractivity (Wildman–Crippen MR) is 260 cm³/mol. The van der Waals surface area contributed by atoms with Crippen molar-refractivity contribution in [2.24, 2.45) is 0 Å². The average molecular weight is 847 g/mol. The van der Waals surface area contributed by atoms with Crippen molar-refractivity contribution in [3.63, 3.8) is 0 Å². The first-order valence-corrected chi connectivity index (χ1v) is 24.8. The molecule has 0 heterocycles. The van der Waals surface area contributed by atoms with Gasteiger partial charge in [-0.2, -0.15) is 0 Å². The van der Waals surface area contributed by atoms with Crippen LogP contribution in [0.5, 0.6) is 0 Å². The molecular weight excluding hydrogens is 757 g/mol. The highest BCUT2D eigenvalue weighted by Gasteiger charge is 2.19. The summed E-state index contributed by atoms with van der Waals surface area (Å²) >= 11 is 0. The van der Waals surface area contributed by atoms with Crippen molar-refractivity contribution >= 4 is 17.9 Å². The minimum atomic E-state index is -0.798. The number of rotatable bonds is 43. The lowest BCUT2D eigenvalue weighted by Gasteiger charge is -2.18. The Kier molecular flexibility index (Phi) is 46.0. The van der Waals surface area contributed by atoms with E-state index in [1.807, 2.05) is 30.4 Å². The van der Waals surface area contributed by atoms with Gasteiger partial charge >= 0.3 is 17.9 Å². The largest absolute Gasteiger partial charge is 0.462 e. The van der Waals surface area contributed by atoms with Crippen LogP contribution >= 0.6 is 0 Å². The third kappa shape index (κ3) is 47.2. The molecule has 6 heteroatoms. The first-order chi connectivity index (χ1) is 30.0. The van der Waals surface area contributed by atoms with Crippen molar-refractivity contribution < 1.29 is 28.6 Å². The number of carbonyl (C=O) groups excluding carboxylic acids is 3. The number of hydrogen-bond donors (Lipinski definition) is 0. The second-order valence-electron chi connectivity index (χ2n) is 16.2. The third-order valence-corrected chi connectivity index (χ3v) is 10.2. The molecule has 0 aromatic rings. The molecule has 0 N–H and O–H groups in total. The molecule has 0 saturated carbocycles. The summed E-state index contributed by atoms with van der Waals surface area (Å²) in [5.74, 6) is -0.954. The van der Waals surface area contributed by atoms with Crippen LogP contribution in [0.1, 0.15) is 213 Å². The summed E-state index contributed by atoms with van der Waals surface area (Å²) < 4.78 is 16.7. The second kappa shape index (κ2) is 49.0. The van der Waals surface area contributed by atoms with Crippen molar-refractivity contribution in [2.45, 2.75) is 219 Å². The van der Waals surface area contributed by atoms with E-state index in [4.69, 9.17) is 14.2 Å². The normalized spacial score (nSPS) is 12.9. The van der Waals surface area contributed by atoms with Gasteiger partial charge in [0, 0.05) is 19.3 Å². The molecule has 1 atom stereocenters. The van der Waals surface area contributed by atoms with E-state index in [1.54, 1.807) is 0 Å². The summed E-state index contributed by atoms with van der Waals surface area (Å²) in [6.45, 7) is 6.42. The second-order valence-corrected chi connectivity index (χ2v) is 16.2. The Balaban J connectivity index is 4.46. The summed E-state index contributed by atoms with van der Waals surface area (Å²) in [6, 6.07) is 0. The zero-order chi connectivity index (χ0) is 44.4. The van der Waals surface area contributed by atoms with Gasteiger partial charge in [-0.15, -0.1) is 0 Å². The first kappa shape index (κ1) is 57.3. The molecular formula is C55H90O6. The van der Waals surface area contributed by atoms with Crippen LogP contribution in [0.25, 0.3) is 0 Å². The van der Waals surface area contributed by atoms with Crippen LogP contribution in [0.3, 0.4) is 0 Å². The van der Waals surface area contributed by atoms with E-state index in [9.17, 15) is 14.4 Å². The van der Waals surface area contributed by atoms with Gasteiger partial charge in [-0.25, -0.2) is 0 Å². The number of hydrogen-bond acceptors (Lipinski definition) is 6. The first-order valence-electron chi connectivity index (χ1n) is 24.8. The molecule has 0 aliphatic heterocycles. The zero-order valence-electron chi connectivity index (χ0n) is 39.4. The molecule has 0 spiro atoms. The lowest BCUT2D eigenvalue weighted by Crippen LogP contribution is -2.30. The maximum absolute atomic E-state index is 12.8. The van der Waals surface area contributed by atoms with Gasteiger partial charge in [0.05, 0.1) is 0 Å². The molecule has 6 nitrogen and oxygen atoms in total. The van der Waals surface area contributed by atoms with Crippen LogP contribution < -0.4 is 0 Å². The van der Waals surface area contributed by atoms with Crippen molar-refractivity contribution in [2.75, 3.05) is 13.2 Å². The number of carbonyl (C=O) groups is 3. The lowest BCUT2D eigenvalue weighted by molar-refractivity contribution is -0.167. The summed E-state index contributed by atoms with van der Waals surface area (Å²) in [7, 11) is 0. The van der Waals surface area contributed by atoms with Crippen LogP contribution in [0.4, 0.5) is 0 Å². The molecule has 0 radical (unpaired) electrons. The molecule has 0 saturated heterocycles. The fourth-order valence-electron chi connectivity index (χ4n) is 6.38.